The van der Waals surface area contributed by atoms with Gasteiger partial charge in [0.25, 0.3) is 11.1 Å². The minimum absolute atomic E-state index is 0.106. The third-order valence-corrected chi connectivity index (χ3v) is 5.48. The van der Waals surface area contributed by atoms with Gasteiger partial charge in [-0.25, -0.2) is 4.39 Å². The monoisotopic (exact) mass is 465 g/mol. The topological polar surface area (TPSA) is 65.1 Å². The van der Waals surface area contributed by atoms with Crippen molar-refractivity contribution < 1.29 is 28.2 Å². The summed E-state index contributed by atoms with van der Waals surface area (Å²) in [7, 11) is 1.50. The molecule has 2 aromatic carbocycles. The molecule has 0 bridgehead atoms. The Morgan fingerprint density at radius 2 is 2.00 bits per heavy atom. The number of hydrogen-bond donors (Lipinski definition) is 0. The van der Waals surface area contributed by atoms with E-state index in [0.717, 1.165) is 16.7 Å². The van der Waals surface area contributed by atoms with Crippen LogP contribution in [0.5, 0.6) is 11.5 Å². The summed E-state index contributed by atoms with van der Waals surface area (Å²) in [5.41, 5.74) is 1.23. The lowest BCUT2D eigenvalue weighted by Crippen LogP contribution is -2.31. The summed E-state index contributed by atoms with van der Waals surface area (Å²) in [6.07, 6.45) is 1.59. The highest BCUT2D eigenvalue weighted by Gasteiger charge is 2.34. The van der Waals surface area contributed by atoms with Crippen molar-refractivity contribution in [2.24, 2.45) is 0 Å². The first-order valence-corrected chi connectivity index (χ1v) is 10.7. The van der Waals surface area contributed by atoms with Gasteiger partial charge in [0, 0.05) is 7.11 Å². The van der Waals surface area contributed by atoms with Crippen LogP contribution in [0, 0.1) is 5.82 Å². The fraction of sp³-hybridized carbons (Fsp3) is 0.273. The number of ether oxygens (including phenoxy) is 3. The van der Waals surface area contributed by atoms with E-state index in [1.807, 2.05) is 6.92 Å². The molecule has 1 heterocycles. The number of carbonyl (C=O) groups excluding carboxylic acids is 2. The standard InChI is InChI=1S/C22H21ClFNO5S/c1-3-29-18-11-15(12-19-21(26)25(7-8-28-2)22(27)31-19)10-17(23)20(18)30-13-14-5-4-6-16(24)9-14/h4-6,9-12H,3,7-8,13H2,1-2H3/b19-12+. The third-order valence-electron chi connectivity index (χ3n) is 4.29. The summed E-state index contributed by atoms with van der Waals surface area (Å²) in [6, 6.07) is 9.37. The minimum atomic E-state index is -0.382. The molecule has 0 aromatic heterocycles. The van der Waals surface area contributed by atoms with Crippen LogP contribution in [0.4, 0.5) is 9.18 Å². The SMILES string of the molecule is CCOc1cc(/C=C2/SC(=O)N(CCOC)C2=O)cc(Cl)c1OCc1cccc(F)c1. The van der Waals surface area contributed by atoms with Gasteiger partial charge in [-0.05, 0) is 60.2 Å². The minimum Gasteiger partial charge on any atom is -0.490 e. The number of carbonyl (C=O) groups is 2. The molecule has 6 nitrogen and oxygen atoms in total. The van der Waals surface area contributed by atoms with Gasteiger partial charge in [-0.1, -0.05) is 23.7 Å². The predicted octanol–water partition coefficient (Wildman–Crippen LogP) is 5.14. The zero-order valence-electron chi connectivity index (χ0n) is 17.0. The van der Waals surface area contributed by atoms with Gasteiger partial charge in [-0.15, -0.1) is 0 Å². The van der Waals surface area contributed by atoms with E-state index < -0.39 is 0 Å². The lowest BCUT2D eigenvalue weighted by molar-refractivity contribution is -0.123. The van der Waals surface area contributed by atoms with Gasteiger partial charge in [-0.3, -0.25) is 14.5 Å². The van der Waals surface area contributed by atoms with Crippen molar-refractivity contribution in [3.05, 3.63) is 63.3 Å². The maximum absolute atomic E-state index is 13.4. The van der Waals surface area contributed by atoms with Crippen LogP contribution in [-0.4, -0.2) is 42.9 Å². The molecule has 0 N–H and O–H groups in total. The van der Waals surface area contributed by atoms with Crippen LogP contribution >= 0.6 is 23.4 Å². The summed E-state index contributed by atoms with van der Waals surface area (Å²) >= 11 is 7.28. The molecule has 0 unspecified atom stereocenters. The Kier molecular flexibility index (Phi) is 7.95. The molecule has 2 aromatic rings. The van der Waals surface area contributed by atoms with Crippen LogP contribution in [-0.2, 0) is 16.1 Å². The molecular weight excluding hydrogens is 445 g/mol. The smallest absolute Gasteiger partial charge is 0.293 e. The van der Waals surface area contributed by atoms with Crippen molar-refractivity contribution in [2.45, 2.75) is 13.5 Å². The van der Waals surface area contributed by atoms with Crippen molar-refractivity contribution in [1.82, 2.24) is 4.90 Å². The normalized spacial score (nSPS) is 15.1. The Morgan fingerprint density at radius 3 is 2.71 bits per heavy atom. The van der Waals surface area contributed by atoms with Gasteiger partial charge < -0.3 is 14.2 Å². The molecule has 1 fully saturated rings. The first-order valence-electron chi connectivity index (χ1n) is 9.50. The Morgan fingerprint density at radius 1 is 1.19 bits per heavy atom. The number of imide groups is 1. The first kappa shape index (κ1) is 23.1. The number of halogens is 2. The average Bonchev–Trinajstić information content (AvgIpc) is 2.98. The highest BCUT2D eigenvalue weighted by molar-refractivity contribution is 8.18. The van der Waals surface area contributed by atoms with E-state index >= 15 is 0 Å². The highest BCUT2D eigenvalue weighted by atomic mass is 35.5. The molecule has 0 atom stereocenters. The van der Waals surface area contributed by atoms with Crippen molar-refractivity contribution >= 4 is 40.6 Å². The van der Waals surface area contributed by atoms with Crippen LogP contribution in [0.1, 0.15) is 18.1 Å². The number of hydrogen-bond acceptors (Lipinski definition) is 6. The van der Waals surface area contributed by atoms with Crippen molar-refractivity contribution in [3.8, 4) is 11.5 Å². The number of benzene rings is 2. The summed E-state index contributed by atoms with van der Waals surface area (Å²) in [5, 5.41) is -0.0771. The summed E-state index contributed by atoms with van der Waals surface area (Å²) in [6.45, 7) is 2.75. The maximum Gasteiger partial charge on any atom is 0.293 e. The van der Waals surface area contributed by atoms with E-state index in [0.29, 0.717) is 29.2 Å². The van der Waals surface area contributed by atoms with E-state index in [9.17, 15) is 14.0 Å². The second kappa shape index (κ2) is 10.7. The van der Waals surface area contributed by atoms with Gasteiger partial charge in [0.2, 0.25) is 0 Å². The Hall–Kier alpha value is -2.55. The zero-order chi connectivity index (χ0) is 22.4. The summed E-state index contributed by atoms with van der Waals surface area (Å²) < 4.78 is 29.8. The third kappa shape index (κ3) is 5.78. The number of rotatable bonds is 9. The molecule has 31 heavy (non-hydrogen) atoms. The van der Waals surface area contributed by atoms with Gasteiger partial charge in [0.15, 0.2) is 11.5 Å². The maximum atomic E-state index is 13.4. The molecule has 0 aliphatic carbocycles. The Labute approximate surface area is 188 Å². The Balaban J connectivity index is 1.83. The molecule has 1 aliphatic rings. The molecule has 0 saturated carbocycles. The van der Waals surface area contributed by atoms with E-state index in [-0.39, 0.29) is 46.6 Å². The van der Waals surface area contributed by atoms with Crippen LogP contribution in [0.2, 0.25) is 5.02 Å². The lowest BCUT2D eigenvalue weighted by Gasteiger charge is -2.15. The molecule has 0 spiro atoms. The number of nitrogens with zero attached hydrogens (tertiary/aromatic N) is 1. The first-order chi connectivity index (χ1) is 14.9. The second-order valence-corrected chi connectivity index (χ2v) is 7.91. The van der Waals surface area contributed by atoms with Gasteiger partial charge in [0.1, 0.15) is 12.4 Å². The average molecular weight is 466 g/mol. The highest BCUT2D eigenvalue weighted by Crippen LogP contribution is 2.39. The Bertz CT molecular complexity index is 1010. The predicted molar refractivity (Wildman–Crippen MR) is 118 cm³/mol. The molecule has 2 amide bonds. The second-order valence-electron chi connectivity index (χ2n) is 6.51. The molecule has 1 saturated heterocycles. The van der Waals surface area contributed by atoms with Crippen LogP contribution in [0.15, 0.2) is 41.3 Å². The molecule has 164 valence electrons. The largest absolute Gasteiger partial charge is 0.490 e. The molecule has 3 rings (SSSR count). The van der Waals surface area contributed by atoms with Gasteiger partial charge in [0.05, 0.1) is 29.7 Å². The van der Waals surface area contributed by atoms with Crippen LogP contribution < -0.4 is 9.47 Å². The molecule has 1 aliphatic heterocycles. The lowest BCUT2D eigenvalue weighted by atomic mass is 10.1. The van der Waals surface area contributed by atoms with E-state index in [1.54, 1.807) is 30.3 Å². The number of thioether (sulfide) groups is 1. The quantitative estimate of drug-likeness (QED) is 0.478. The zero-order valence-corrected chi connectivity index (χ0v) is 18.6. The molecule has 9 heteroatoms. The van der Waals surface area contributed by atoms with Crippen LogP contribution in [0.25, 0.3) is 6.08 Å². The van der Waals surface area contributed by atoms with E-state index in [4.69, 9.17) is 25.8 Å². The van der Waals surface area contributed by atoms with Crippen molar-refractivity contribution in [2.75, 3.05) is 26.9 Å². The number of methoxy groups -OCH3 is 1. The van der Waals surface area contributed by atoms with Gasteiger partial charge in [-0.2, -0.15) is 0 Å². The van der Waals surface area contributed by atoms with Crippen LogP contribution in [0.3, 0.4) is 0 Å². The molecular formula is C22H21ClFNO5S. The summed E-state index contributed by atoms with van der Waals surface area (Å²) in [5.74, 6) is -0.0334. The van der Waals surface area contributed by atoms with Crippen molar-refractivity contribution in [1.29, 1.82) is 0 Å². The summed E-state index contributed by atoms with van der Waals surface area (Å²) in [4.78, 5) is 26.0. The van der Waals surface area contributed by atoms with E-state index in [2.05, 4.69) is 0 Å². The van der Waals surface area contributed by atoms with Gasteiger partial charge >= 0.3 is 0 Å². The van der Waals surface area contributed by atoms with E-state index in [1.165, 1.54) is 19.2 Å². The fourth-order valence-electron chi connectivity index (χ4n) is 2.88. The molecule has 0 radical (unpaired) electrons. The van der Waals surface area contributed by atoms with Crippen molar-refractivity contribution in [3.63, 3.8) is 0 Å². The fourth-order valence-corrected chi connectivity index (χ4v) is 4.02. The number of amides is 2.